The molecule has 146 valence electrons. The number of hydrogen-bond donors (Lipinski definition) is 4. The highest BCUT2D eigenvalue weighted by atomic mass is 15.5. The number of hydrazine groups is 1. The summed E-state index contributed by atoms with van der Waals surface area (Å²) in [6, 6.07) is 8.31. The second-order valence-corrected chi connectivity index (χ2v) is 5.70. The standard InChI is InChI=1S/C18H32N6.C2H4/c1-5-6-11-21-18(22-13-15(2)20-3)24(4)23-14-17-9-7-16(12-19)8-10-17;1-2/h7-10,13,20,23H,5-6,11-12,14,19H2,1-4H3,(H,21,22);1-2H2/b15-13+;. The molecule has 0 atom stereocenters. The third-order valence-corrected chi connectivity index (χ3v) is 3.68. The van der Waals surface area contributed by atoms with Crippen molar-refractivity contribution in [3.63, 3.8) is 0 Å². The molecule has 1 aromatic carbocycles. The Balaban J connectivity index is 0.00000301. The summed E-state index contributed by atoms with van der Waals surface area (Å²) < 4.78 is 0. The van der Waals surface area contributed by atoms with Crippen LogP contribution in [0.4, 0.5) is 0 Å². The maximum atomic E-state index is 5.63. The minimum Gasteiger partial charge on any atom is -0.390 e. The minimum atomic E-state index is 0.572. The van der Waals surface area contributed by atoms with Crippen LogP contribution >= 0.6 is 0 Å². The zero-order valence-corrected chi connectivity index (χ0v) is 16.8. The Hall–Kier alpha value is -2.31. The normalized spacial score (nSPS) is 11.4. The van der Waals surface area contributed by atoms with Gasteiger partial charge in [-0.1, -0.05) is 37.6 Å². The van der Waals surface area contributed by atoms with E-state index < -0.39 is 0 Å². The van der Waals surface area contributed by atoms with Crippen LogP contribution < -0.4 is 21.8 Å². The molecule has 0 heterocycles. The van der Waals surface area contributed by atoms with Crippen LogP contribution in [-0.4, -0.2) is 31.6 Å². The fourth-order valence-corrected chi connectivity index (χ4v) is 1.91. The summed E-state index contributed by atoms with van der Waals surface area (Å²) >= 11 is 0. The van der Waals surface area contributed by atoms with E-state index in [0.29, 0.717) is 6.54 Å². The Labute approximate surface area is 159 Å². The van der Waals surface area contributed by atoms with Gasteiger partial charge in [0.1, 0.15) is 0 Å². The van der Waals surface area contributed by atoms with Gasteiger partial charge >= 0.3 is 0 Å². The lowest BCUT2D eigenvalue weighted by molar-refractivity contribution is 0.352. The Morgan fingerprint density at radius 2 is 1.85 bits per heavy atom. The van der Waals surface area contributed by atoms with E-state index in [1.54, 1.807) is 0 Å². The van der Waals surface area contributed by atoms with Gasteiger partial charge in [-0.15, -0.1) is 13.2 Å². The highest BCUT2D eigenvalue weighted by Gasteiger charge is 2.05. The molecule has 0 bridgehead atoms. The molecule has 6 nitrogen and oxygen atoms in total. The first-order valence-electron chi connectivity index (χ1n) is 9.01. The van der Waals surface area contributed by atoms with Crippen molar-refractivity contribution in [3.05, 3.63) is 60.4 Å². The van der Waals surface area contributed by atoms with Crippen molar-refractivity contribution in [1.29, 1.82) is 0 Å². The Kier molecular flexibility index (Phi) is 13.7. The molecule has 0 aliphatic heterocycles. The van der Waals surface area contributed by atoms with Gasteiger partial charge in [0.15, 0.2) is 0 Å². The Morgan fingerprint density at radius 1 is 1.23 bits per heavy atom. The number of hydrogen-bond acceptors (Lipinski definition) is 4. The Morgan fingerprint density at radius 3 is 2.38 bits per heavy atom. The molecule has 0 spiro atoms. The van der Waals surface area contributed by atoms with Crippen molar-refractivity contribution in [2.45, 2.75) is 39.8 Å². The van der Waals surface area contributed by atoms with E-state index in [1.807, 2.05) is 32.2 Å². The van der Waals surface area contributed by atoms with Gasteiger partial charge in [0.05, 0.1) is 0 Å². The smallest absolute Gasteiger partial charge is 0.212 e. The zero-order valence-electron chi connectivity index (χ0n) is 16.8. The van der Waals surface area contributed by atoms with Gasteiger partial charge in [-0.2, -0.15) is 0 Å². The summed E-state index contributed by atoms with van der Waals surface area (Å²) in [5.74, 6) is 0.802. The zero-order chi connectivity index (χ0) is 19.8. The summed E-state index contributed by atoms with van der Waals surface area (Å²) in [6.45, 7) is 12.3. The molecule has 0 aliphatic rings. The summed E-state index contributed by atoms with van der Waals surface area (Å²) in [4.78, 5) is 4.64. The van der Waals surface area contributed by atoms with E-state index in [4.69, 9.17) is 5.73 Å². The van der Waals surface area contributed by atoms with E-state index in [0.717, 1.165) is 43.2 Å². The number of nitrogens with two attached hydrogens (primary N) is 1. The van der Waals surface area contributed by atoms with Crippen LogP contribution in [0, 0.1) is 0 Å². The average Bonchev–Trinajstić information content (AvgIpc) is 2.70. The fourth-order valence-electron chi connectivity index (χ4n) is 1.91. The van der Waals surface area contributed by atoms with Crippen molar-refractivity contribution >= 4 is 5.96 Å². The molecule has 0 saturated heterocycles. The van der Waals surface area contributed by atoms with Crippen LogP contribution in [-0.2, 0) is 13.1 Å². The number of unbranched alkanes of at least 4 members (excludes halogenated alkanes) is 1. The minimum absolute atomic E-state index is 0.572. The summed E-state index contributed by atoms with van der Waals surface area (Å²) in [5, 5.41) is 8.27. The molecule has 5 N–H and O–H groups in total. The number of aliphatic imine (C=N–C) groups is 1. The quantitative estimate of drug-likeness (QED) is 0.179. The van der Waals surface area contributed by atoms with Crippen LogP contribution in [0.1, 0.15) is 37.8 Å². The summed E-state index contributed by atoms with van der Waals surface area (Å²) in [6.07, 6.45) is 4.13. The molecule has 1 aromatic rings. The van der Waals surface area contributed by atoms with E-state index in [9.17, 15) is 0 Å². The molecule has 6 heteroatoms. The molecule has 1 rings (SSSR count). The van der Waals surface area contributed by atoms with Crippen molar-refractivity contribution in [1.82, 2.24) is 21.1 Å². The highest BCUT2D eigenvalue weighted by molar-refractivity contribution is 5.80. The highest BCUT2D eigenvalue weighted by Crippen LogP contribution is 2.03. The number of allylic oxidation sites excluding steroid dienone is 1. The number of nitrogens with one attached hydrogen (secondary N) is 3. The molecule has 0 unspecified atom stereocenters. The first kappa shape index (κ1) is 23.7. The van der Waals surface area contributed by atoms with Crippen LogP contribution in [0.3, 0.4) is 0 Å². The predicted octanol–water partition coefficient (Wildman–Crippen LogP) is 2.71. The molecule has 0 fully saturated rings. The molecular weight excluding hydrogens is 324 g/mol. The van der Waals surface area contributed by atoms with Gasteiger partial charge < -0.3 is 16.4 Å². The van der Waals surface area contributed by atoms with Gasteiger partial charge in [-0.25, -0.2) is 5.43 Å². The van der Waals surface area contributed by atoms with E-state index in [1.165, 1.54) is 5.56 Å². The maximum Gasteiger partial charge on any atom is 0.212 e. The molecule has 0 radical (unpaired) electrons. The van der Waals surface area contributed by atoms with Gasteiger partial charge in [0.2, 0.25) is 5.96 Å². The van der Waals surface area contributed by atoms with E-state index in [2.05, 4.69) is 65.4 Å². The molecule has 0 amide bonds. The van der Waals surface area contributed by atoms with Gasteiger partial charge in [-0.3, -0.25) is 10.0 Å². The Bertz CT molecular complexity index is 536. The maximum absolute atomic E-state index is 5.63. The topological polar surface area (TPSA) is 77.7 Å². The summed E-state index contributed by atoms with van der Waals surface area (Å²) in [5.41, 5.74) is 12.4. The van der Waals surface area contributed by atoms with Crippen molar-refractivity contribution in [3.8, 4) is 0 Å². The monoisotopic (exact) mass is 360 g/mol. The lowest BCUT2D eigenvalue weighted by Gasteiger charge is -2.22. The summed E-state index contributed by atoms with van der Waals surface area (Å²) in [7, 11) is 3.86. The van der Waals surface area contributed by atoms with E-state index in [-0.39, 0.29) is 0 Å². The van der Waals surface area contributed by atoms with Crippen LogP contribution in [0.25, 0.3) is 0 Å². The van der Waals surface area contributed by atoms with Crippen molar-refractivity contribution < 1.29 is 0 Å². The van der Waals surface area contributed by atoms with Crippen molar-refractivity contribution in [2.24, 2.45) is 10.7 Å². The third kappa shape index (κ3) is 9.86. The van der Waals surface area contributed by atoms with Crippen LogP contribution in [0.2, 0.25) is 0 Å². The second kappa shape index (κ2) is 15.0. The largest absolute Gasteiger partial charge is 0.390 e. The number of nitrogens with zero attached hydrogens (tertiary/aromatic N) is 2. The molecular formula is C20H36N6. The van der Waals surface area contributed by atoms with E-state index >= 15 is 0 Å². The number of benzene rings is 1. The fraction of sp³-hybridized carbons (Fsp3) is 0.450. The lowest BCUT2D eigenvalue weighted by Crippen LogP contribution is -2.45. The molecule has 0 aromatic heterocycles. The third-order valence-electron chi connectivity index (χ3n) is 3.68. The van der Waals surface area contributed by atoms with Crippen molar-refractivity contribution in [2.75, 3.05) is 20.6 Å². The molecule has 0 saturated carbocycles. The van der Waals surface area contributed by atoms with Gasteiger partial charge in [-0.05, 0) is 24.5 Å². The predicted molar refractivity (Wildman–Crippen MR) is 113 cm³/mol. The SMILES string of the molecule is C=C.CCCCN=C(N/C=C(\C)NC)N(C)NCc1ccc(CN)cc1. The molecule has 0 aliphatic carbocycles. The average molecular weight is 361 g/mol. The second-order valence-electron chi connectivity index (χ2n) is 5.70. The van der Waals surface area contributed by atoms with Gasteiger partial charge in [0, 0.05) is 45.6 Å². The molecule has 26 heavy (non-hydrogen) atoms. The lowest BCUT2D eigenvalue weighted by atomic mass is 10.1. The first-order chi connectivity index (χ1) is 12.6. The first-order valence-corrected chi connectivity index (χ1v) is 9.01. The number of rotatable bonds is 9. The van der Waals surface area contributed by atoms with Crippen LogP contribution in [0.15, 0.2) is 54.3 Å². The van der Waals surface area contributed by atoms with Crippen LogP contribution in [0.5, 0.6) is 0 Å². The number of guanidine groups is 1. The van der Waals surface area contributed by atoms with Gasteiger partial charge in [0.25, 0.3) is 0 Å².